The molecule has 1 aliphatic heterocycles. The zero-order valence-electron chi connectivity index (χ0n) is 16.3. The van der Waals surface area contributed by atoms with Gasteiger partial charge in [-0.2, -0.15) is 12.7 Å². The Hall–Kier alpha value is -0.780. The Balaban J connectivity index is -0.00000169. The van der Waals surface area contributed by atoms with Gasteiger partial charge >= 0.3 is 75.4 Å². The summed E-state index contributed by atoms with van der Waals surface area (Å²) in [7, 11) is -3.95. The smallest absolute Gasteiger partial charge is 1.00 e. The number of aromatic nitrogens is 1. The van der Waals surface area contributed by atoms with Crippen LogP contribution in [0.1, 0.15) is 8.55 Å². The second kappa shape index (κ2) is 10.1. The number of thiazole rings is 1. The number of nitrogens with zero attached hydrogens (tertiary/aromatic N) is 3. The van der Waals surface area contributed by atoms with E-state index in [0.717, 1.165) is 18.4 Å². The van der Waals surface area contributed by atoms with Crippen LogP contribution in [-0.2, 0) is 29.5 Å². The van der Waals surface area contributed by atoms with Gasteiger partial charge in [-0.05, 0) is 0 Å². The van der Waals surface area contributed by atoms with Gasteiger partial charge in [0.15, 0.2) is 16.9 Å². The molecule has 0 saturated carbocycles. The number of hydrogen-bond donors (Lipinski definition) is 4. The van der Waals surface area contributed by atoms with E-state index in [9.17, 15) is 22.8 Å². The molecule has 2 atom stereocenters. The van der Waals surface area contributed by atoms with E-state index in [1.54, 1.807) is 0 Å². The Kier molecular flexibility index (Phi) is 9.84. The van der Waals surface area contributed by atoms with Crippen LogP contribution in [0.2, 0.25) is 0 Å². The maximum Gasteiger partial charge on any atom is 1.00 e. The minimum Gasteiger partial charge on any atom is -1.00 e. The summed E-state index contributed by atoms with van der Waals surface area (Å²) in [6, 6.07) is -3.74. The van der Waals surface area contributed by atoms with Gasteiger partial charge in [-0.1, -0.05) is 5.16 Å². The van der Waals surface area contributed by atoms with Crippen molar-refractivity contribution in [3.05, 3.63) is 11.1 Å². The maximum absolute atomic E-state index is 12.2. The van der Waals surface area contributed by atoms with Crippen LogP contribution in [0.3, 0.4) is 0 Å². The van der Waals surface area contributed by atoms with E-state index in [1.165, 1.54) is 5.38 Å². The predicted molar refractivity (Wildman–Crippen MR) is 84.0 cm³/mol. The van der Waals surface area contributed by atoms with Crippen LogP contribution < -0.4 is 70.2 Å². The predicted octanol–water partition coefficient (Wildman–Crippen LogP) is -8.11. The van der Waals surface area contributed by atoms with E-state index < -0.39 is 45.9 Å². The Morgan fingerprint density at radius 3 is 2.48 bits per heavy atom. The van der Waals surface area contributed by atoms with Gasteiger partial charge in [0.05, 0.1) is 0 Å². The first kappa shape index (κ1) is 26.2. The fourth-order valence-electron chi connectivity index (χ4n) is 2.01. The van der Waals surface area contributed by atoms with Crippen LogP contribution in [0.4, 0.5) is 5.13 Å². The van der Waals surface area contributed by atoms with Crippen LogP contribution in [0, 0.1) is 0 Å². The van der Waals surface area contributed by atoms with Crippen molar-refractivity contribution >= 4 is 50.3 Å². The fraction of sp³-hybridized carbons (Fsp3) is 0.300. The molecule has 0 aromatic carbocycles. The molecule has 2 heterocycles. The number of nitrogen functional groups attached to an aromatic ring is 1. The second-order valence-electron chi connectivity index (χ2n) is 4.54. The van der Waals surface area contributed by atoms with Gasteiger partial charge in [-0.15, -0.1) is 11.3 Å². The summed E-state index contributed by atoms with van der Waals surface area (Å²) < 4.78 is 30.7. The number of nitrogens with one attached hydrogen (secondary N) is 1. The molecule has 1 aromatic heterocycles. The van der Waals surface area contributed by atoms with Gasteiger partial charge in [0, 0.05) is 5.38 Å². The molecule has 0 aliphatic carbocycles. The quantitative estimate of drug-likeness (QED) is 0.108. The van der Waals surface area contributed by atoms with Crippen LogP contribution in [0.25, 0.3) is 0 Å². The van der Waals surface area contributed by atoms with Crippen molar-refractivity contribution in [1.29, 1.82) is 0 Å². The molecule has 27 heavy (non-hydrogen) atoms. The van der Waals surface area contributed by atoms with E-state index >= 15 is 0 Å². The summed E-state index contributed by atoms with van der Waals surface area (Å²) in [4.78, 5) is 43.5. The molecular weight excluding hydrogens is 428 g/mol. The van der Waals surface area contributed by atoms with Crippen molar-refractivity contribution in [2.45, 2.75) is 12.1 Å². The Morgan fingerprint density at radius 1 is 1.48 bits per heavy atom. The monoisotopic (exact) mass is 441 g/mol. The van der Waals surface area contributed by atoms with Gasteiger partial charge in [-0.25, -0.2) is 9.78 Å². The minimum absolute atomic E-state index is 0. The molecule has 13 nitrogen and oxygen atoms in total. The largest absolute Gasteiger partial charge is 1.00 e. The van der Waals surface area contributed by atoms with Crippen LogP contribution in [-0.4, -0.2) is 70.1 Å². The number of carbonyl (C=O) groups is 3. The van der Waals surface area contributed by atoms with Gasteiger partial charge in [0.2, 0.25) is 0 Å². The van der Waals surface area contributed by atoms with E-state index in [2.05, 4.69) is 15.0 Å². The molecule has 5 N–H and O–H groups in total. The first-order valence-corrected chi connectivity index (χ1v) is 8.52. The summed E-state index contributed by atoms with van der Waals surface area (Å²) in [5, 5.41) is 16.0. The number of aliphatic carboxylic acids is 1. The number of nitrogens with two attached hydrogens (primary N) is 1. The number of rotatable bonds is 6. The Morgan fingerprint density at radius 2 is 2.07 bits per heavy atom. The number of carboxylic acids is 1. The van der Waals surface area contributed by atoms with Crippen molar-refractivity contribution in [2.75, 3.05) is 12.8 Å². The van der Waals surface area contributed by atoms with Crippen LogP contribution in [0.5, 0.6) is 0 Å². The summed E-state index contributed by atoms with van der Waals surface area (Å²) in [6.07, 6.45) is 0. The molecule has 17 heteroatoms. The van der Waals surface area contributed by atoms with Crippen LogP contribution >= 0.6 is 11.3 Å². The van der Waals surface area contributed by atoms with Gasteiger partial charge < -0.3 is 23.8 Å². The van der Waals surface area contributed by atoms with E-state index in [-0.39, 0.29) is 77.1 Å². The zero-order valence-corrected chi connectivity index (χ0v) is 19.9. The summed E-state index contributed by atoms with van der Waals surface area (Å²) >= 11 is 0.993. The number of amides is 2. The summed E-state index contributed by atoms with van der Waals surface area (Å²) in [6.45, 7) is 0. The topological polar surface area (TPSA) is 202 Å². The van der Waals surface area contributed by atoms with Gasteiger partial charge in [-0.3, -0.25) is 14.1 Å². The molecule has 0 spiro atoms. The molecule has 2 amide bonds. The van der Waals surface area contributed by atoms with Crippen molar-refractivity contribution in [3.63, 3.8) is 0 Å². The third-order valence-electron chi connectivity index (χ3n) is 3.00. The van der Waals surface area contributed by atoms with E-state index in [4.69, 9.17) is 15.4 Å². The Bertz CT molecular complexity index is 883. The van der Waals surface area contributed by atoms with E-state index in [0.29, 0.717) is 0 Å². The SMILES string of the molecule is CO/N=C(\C(=O)N[C@H]1C(=O)N(S(=O)(=O)O)[C@H]1C(=O)O)c1csc(N)n1.[H-].[H-].[Na+].[Na+]. The molecular formula is C10H13N5Na2O8S2. The number of β-lactam (4-membered cyclic amide) rings is 1. The van der Waals surface area contributed by atoms with Gasteiger partial charge in [0.1, 0.15) is 18.8 Å². The molecule has 1 aromatic rings. The molecule has 2 rings (SSSR count). The standard InChI is InChI=1S/C10H11N5O8S2.2Na.2H/c1-23-14-4(3-2-24-10(11)12-3)7(16)13-5-6(9(18)19)15(8(5)17)25(20,21)22;;;;/h2,5-6H,1H3,(H2,11,12)(H,13,16)(H,18,19)(H,20,21,22);;;;/q;2*+1;2*-1/b14-4-;;;;/t5-,6-;;;;/m1..../s1. The van der Waals surface area contributed by atoms with E-state index in [1.807, 2.05) is 5.32 Å². The molecule has 0 bridgehead atoms. The van der Waals surface area contributed by atoms with Crippen molar-refractivity contribution in [2.24, 2.45) is 5.16 Å². The third-order valence-corrected chi connectivity index (χ3v) is 4.58. The molecule has 1 saturated heterocycles. The first-order valence-electron chi connectivity index (χ1n) is 6.24. The molecule has 1 fully saturated rings. The van der Waals surface area contributed by atoms with Crippen molar-refractivity contribution in [3.8, 4) is 0 Å². The molecule has 0 radical (unpaired) electrons. The molecule has 140 valence electrons. The average molecular weight is 441 g/mol. The normalized spacial score (nSPS) is 19.3. The maximum atomic E-state index is 12.2. The number of carboxylic acid groups (broad SMARTS) is 1. The summed E-state index contributed by atoms with van der Waals surface area (Å²) in [5.41, 5.74) is 5.05. The molecule has 0 unspecified atom stereocenters. The number of carbonyl (C=O) groups excluding carboxylic acids is 2. The van der Waals surface area contributed by atoms with Crippen molar-refractivity contribution in [1.82, 2.24) is 14.6 Å². The average Bonchev–Trinajstić information content (AvgIpc) is 2.91. The minimum atomic E-state index is -5.09. The molecule has 1 aliphatic rings. The number of oxime groups is 1. The number of anilines is 1. The fourth-order valence-corrected chi connectivity index (χ4v) is 3.39. The second-order valence-corrected chi connectivity index (χ2v) is 6.72. The number of hydrogen-bond acceptors (Lipinski definition) is 10. The third kappa shape index (κ3) is 5.61. The zero-order chi connectivity index (χ0) is 18.9. The van der Waals surface area contributed by atoms with Crippen molar-refractivity contribution < 1.29 is 99.3 Å². The van der Waals surface area contributed by atoms with Gasteiger partial charge in [0.25, 0.3) is 11.8 Å². The first-order chi connectivity index (χ1) is 11.6. The Labute approximate surface area is 203 Å². The summed E-state index contributed by atoms with van der Waals surface area (Å²) in [5.74, 6) is -4.12. The van der Waals surface area contributed by atoms with Crippen LogP contribution in [0.15, 0.2) is 10.5 Å².